The maximum Gasteiger partial charge on any atom is 0.341 e. The Morgan fingerprint density at radius 2 is 1.93 bits per heavy atom. The number of thiophene rings is 1. The summed E-state index contributed by atoms with van der Waals surface area (Å²) in [5.74, 6) is -0.189. The predicted octanol–water partition coefficient (Wildman–Crippen LogP) is 5.25. The summed E-state index contributed by atoms with van der Waals surface area (Å²) < 4.78 is 11.1. The number of rotatable bonds is 6. The zero-order valence-electron chi connectivity index (χ0n) is 16.2. The fraction of sp³-hybridized carbons (Fsp3) is 0.429. The van der Waals surface area contributed by atoms with Gasteiger partial charge in [-0.2, -0.15) is 0 Å². The van der Waals surface area contributed by atoms with Crippen LogP contribution in [0, 0.1) is 0 Å². The number of ether oxygens (including phenoxy) is 2. The summed E-state index contributed by atoms with van der Waals surface area (Å²) in [6.45, 7) is 5.29. The highest BCUT2D eigenvalue weighted by atomic mass is 35.5. The molecule has 0 saturated heterocycles. The quantitative estimate of drug-likeness (QED) is 0.647. The van der Waals surface area contributed by atoms with Crippen molar-refractivity contribution < 1.29 is 19.1 Å². The Kier molecular flexibility index (Phi) is 6.62. The molecule has 1 atom stereocenters. The van der Waals surface area contributed by atoms with Crippen LogP contribution >= 0.6 is 22.9 Å². The third-order valence-corrected chi connectivity index (χ3v) is 5.88. The zero-order chi connectivity index (χ0) is 20.3. The van der Waals surface area contributed by atoms with Gasteiger partial charge in [0.15, 0.2) is 6.10 Å². The maximum atomic E-state index is 12.7. The van der Waals surface area contributed by atoms with Crippen LogP contribution < -0.4 is 10.1 Å². The average Bonchev–Trinajstić information content (AvgIpc) is 2.99. The number of anilines is 1. The summed E-state index contributed by atoms with van der Waals surface area (Å²) in [6.07, 6.45) is 2.92. The first-order valence-electron chi connectivity index (χ1n) is 9.43. The molecule has 1 aromatic heterocycles. The topological polar surface area (TPSA) is 64.6 Å². The summed E-state index contributed by atoms with van der Waals surface area (Å²) in [7, 11) is 0. The monoisotopic (exact) mass is 421 g/mol. The Labute approximate surface area is 174 Å². The van der Waals surface area contributed by atoms with E-state index in [4.69, 9.17) is 21.1 Å². The van der Waals surface area contributed by atoms with E-state index >= 15 is 0 Å². The van der Waals surface area contributed by atoms with E-state index in [1.165, 1.54) is 11.3 Å². The van der Waals surface area contributed by atoms with Gasteiger partial charge in [-0.3, -0.25) is 4.79 Å². The van der Waals surface area contributed by atoms with E-state index in [0.717, 1.165) is 36.1 Å². The number of nitrogens with one attached hydrogen (secondary N) is 1. The first-order valence-corrected chi connectivity index (χ1v) is 10.6. The van der Waals surface area contributed by atoms with Crippen LogP contribution in [0.5, 0.6) is 5.75 Å². The van der Waals surface area contributed by atoms with E-state index in [9.17, 15) is 9.59 Å². The Hall–Kier alpha value is -2.05. The normalized spacial score (nSPS) is 14.3. The number of aryl methyl sites for hydroxylation is 1. The summed E-state index contributed by atoms with van der Waals surface area (Å²) in [5, 5.41) is 3.96. The second kappa shape index (κ2) is 8.97. The molecule has 0 bridgehead atoms. The van der Waals surface area contributed by atoms with Crippen LogP contribution in [0.1, 0.15) is 54.4 Å². The molecule has 1 heterocycles. The van der Waals surface area contributed by atoms with Crippen LogP contribution in [0.25, 0.3) is 0 Å². The minimum atomic E-state index is -0.744. The summed E-state index contributed by atoms with van der Waals surface area (Å²) >= 11 is 7.42. The fourth-order valence-electron chi connectivity index (χ4n) is 3.15. The van der Waals surface area contributed by atoms with Crippen LogP contribution in [0.15, 0.2) is 24.3 Å². The Morgan fingerprint density at radius 1 is 1.18 bits per heavy atom. The van der Waals surface area contributed by atoms with Crippen molar-refractivity contribution in [2.24, 2.45) is 0 Å². The highest BCUT2D eigenvalue weighted by Crippen LogP contribution is 2.39. The van der Waals surface area contributed by atoms with Gasteiger partial charge >= 0.3 is 5.97 Å². The molecular weight excluding hydrogens is 398 g/mol. The molecule has 28 heavy (non-hydrogen) atoms. The van der Waals surface area contributed by atoms with Crippen molar-refractivity contribution in [2.75, 3.05) is 5.32 Å². The largest absolute Gasteiger partial charge is 0.481 e. The lowest BCUT2D eigenvalue weighted by Crippen LogP contribution is -2.30. The van der Waals surface area contributed by atoms with Crippen molar-refractivity contribution in [2.45, 2.75) is 58.7 Å². The standard InChI is InChI=1S/C21H24ClNO4S/c1-12(2)26-21(25)18-16-9-4-5-10-17(16)28-20(18)23-19(24)13(3)27-15-8-6-7-14(22)11-15/h6-8,11-13H,4-5,9-10H2,1-3H3,(H,23,24). The minimum Gasteiger partial charge on any atom is -0.481 e. The fourth-order valence-corrected chi connectivity index (χ4v) is 4.61. The molecule has 0 aliphatic heterocycles. The molecule has 1 aliphatic carbocycles. The molecule has 1 N–H and O–H groups in total. The van der Waals surface area contributed by atoms with Crippen LogP contribution in [-0.4, -0.2) is 24.1 Å². The number of carbonyl (C=O) groups is 2. The molecule has 3 rings (SSSR count). The van der Waals surface area contributed by atoms with Crippen LogP contribution in [0.3, 0.4) is 0 Å². The first kappa shape index (κ1) is 20.7. The van der Waals surface area contributed by atoms with E-state index < -0.39 is 6.10 Å². The van der Waals surface area contributed by atoms with Gasteiger partial charge in [0.1, 0.15) is 10.8 Å². The number of hydrogen-bond acceptors (Lipinski definition) is 5. The molecule has 0 fully saturated rings. The molecule has 1 aromatic carbocycles. The van der Waals surface area contributed by atoms with E-state index in [2.05, 4.69) is 5.32 Å². The van der Waals surface area contributed by atoms with Gasteiger partial charge in [0.05, 0.1) is 11.7 Å². The summed E-state index contributed by atoms with van der Waals surface area (Å²) in [6, 6.07) is 6.89. The molecule has 0 spiro atoms. The highest BCUT2D eigenvalue weighted by molar-refractivity contribution is 7.17. The maximum absolute atomic E-state index is 12.7. The van der Waals surface area contributed by atoms with E-state index in [0.29, 0.717) is 21.3 Å². The number of halogens is 1. The third-order valence-electron chi connectivity index (χ3n) is 4.43. The molecule has 2 aromatic rings. The van der Waals surface area contributed by atoms with E-state index in [1.807, 2.05) is 13.8 Å². The summed E-state index contributed by atoms with van der Waals surface area (Å²) in [4.78, 5) is 26.5. The highest BCUT2D eigenvalue weighted by Gasteiger charge is 2.29. The van der Waals surface area contributed by atoms with Gasteiger partial charge in [-0.25, -0.2) is 4.79 Å². The van der Waals surface area contributed by atoms with Gasteiger partial charge in [0.25, 0.3) is 5.91 Å². The second-order valence-electron chi connectivity index (χ2n) is 7.08. The number of carbonyl (C=O) groups excluding carboxylic acids is 2. The number of esters is 1. The number of hydrogen-bond donors (Lipinski definition) is 1. The molecule has 150 valence electrons. The Bertz CT molecular complexity index is 877. The Balaban J connectivity index is 1.79. The number of fused-ring (bicyclic) bond motifs is 1. The number of benzene rings is 1. The summed E-state index contributed by atoms with van der Waals surface area (Å²) in [5.41, 5.74) is 1.51. The van der Waals surface area contributed by atoms with Gasteiger partial charge in [-0.1, -0.05) is 17.7 Å². The van der Waals surface area contributed by atoms with Crippen molar-refractivity contribution in [3.8, 4) is 5.75 Å². The predicted molar refractivity (Wildman–Crippen MR) is 112 cm³/mol. The van der Waals surface area contributed by atoms with Gasteiger partial charge < -0.3 is 14.8 Å². The smallest absolute Gasteiger partial charge is 0.341 e. The average molecular weight is 422 g/mol. The molecule has 1 unspecified atom stereocenters. The molecule has 7 heteroatoms. The van der Waals surface area contributed by atoms with E-state index in [-0.39, 0.29) is 18.0 Å². The van der Waals surface area contributed by atoms with E-state index in [1.54, 1.807) is 31.2 Å². The van der Waals surface area contributed by atoms with Crippen molar-refractivity contribution in [3.05, 3.63) is 45.3 Å². The minimum absolute atomic E-state index is 0.222. The van der Waals surface area contributed by atoms with Crippen molar-refractivity contribution in [1.82, 2.24) is 0 Å². The lowest BCUT2D eigenvalue weighted by atomic mass is 9.95. The van der Waals surface area contributed by atoms with Gasteiger partial charge in [-0.15, -0.1) is 11.3 Å². The van der Waals surface area contributed by atoms with Gasteiger partial charge in [0.2, 0.25) is 0 Å². The van der Waals surface area contributed by atoms with Crippen LogP contribution in [0.2, 0.25) is 5.02 Å². The zero-order valence-corrected chi connectivity index (χ0v) is 17.8. The third kappa shape index (κ3) is 4.86. The molecule has 0 saturated carbocycles. The SMILES string of the molecule is CC(C)OC(=O)c1c(NC(=O)C(C)Oc2cccc(Cl)c2)sc2c1CCCC2. The first-order chi connectivity index (χ1) is 13.3. The lowest BCUT2D eigenvalue weighted by Gasteiger charge is -2.16. The second-order valence-corrected chi connectivity index (χ2v) is 8.62. The number of amides is 1. The molecule has 1 aliphatic rings. The van der Waals surface area contributed by atoms with Crippen molar-refractivity contribution in [3.63, 3.8) is 0 Å². The molecular formula is C21H24ClNO4S. The van der Waals surface area contributed by atoms with Crippen LogP contribution in [0.4, 0.5) is 5.00 Å². The van der Waals surface area contributed by atoms with Gasteiger partial charge in [0, 0.05) is 9.90 Å². The Morgan fingerprint density at radius 3 is 2.64 bits per heavy atom. The van der Waals surface area contributed by atoms with Gasteiger partial charge in [-0.05, 0) is 70.2 Å². The van der Waals surface area contributed by atoms with Crippen molar-refractivity contribution in [1.29, 1.82) is 0 Å². The van der Waals surface area contributed by atoms with Crippen molar-refractivity contribution >= 4 is 39.8 Å². The van der Waals surface area contributed by atoms with Crippen LogP contribution in [-0.2, 0) is 22.4 Å². The lowest BCUT2D eigenvalue weighted by molar-refractivity contribution is -0.122. The molecule has 0 radical (unpaired) electrons. The molecule has 1 amide bonds. The molecule has 5 nitrogen and oxygen atoms in total.